The van der Waals surface area contributed by atoms with Crippen LogP contribution in [0.3, 0.4) is 0 Å². The highest BCUT2D eigenvalue weighted by Gasteiger charge is 2.26. The minimum Gasteiger partial charge on any atom is -0.492 e. The Kier molecular flexibility index (Phi) is 5.77. The van der Waals surface area contributed by atoms with Crippen LogP contribution in [0.15, 0.2) is 30.3 Å². The number of amides is 1. The Morgan fingerprint density at radius 2 is 2.00 bits per heavy atom. The van der Waals surface area contributed by atoms with Crippen LogP contribution in [0.4, 0.5) is 0 Å². The van der Waals surface area contributed by atoms with Crippen molar-refractivity contribution in [2.24, 2.45) is 0 Å². The summed E-state index contributed by atoms with van der Waals surface area (Å²) in [5.41, 5.74) is 6.11. The molecule has 30 heavy (non-hydrogen) atoms. The van der Waals surface area contributed by atoms with Crippen LogP contribution in [0.25, 0.3) is 10.9 Å². The molecule has 1 aliphatic heterocycles. The molecule has 0 atom stereocenters. The van der Waals surface area contributed by atoms with Crippen LogP contribution in [0.1, 0.15) is 46.1 Å². The quantitative estimate of drug-likeness (QED) is 0.646. The van der Waals surface area contributed by atoms with Crippen LogP contribution in [0.2, 0.25) is 0 Å². The zero-order chi connectivity index (χ0) is 21.3. The van der Waals surface area contributed by atoms with E-state index in [1.807, 2.05) is 44.1 Å². The summed E-state index contributed by atoms with van der Waals surface area (Å²) in [6, 6.07) is 10.2. The highest BCUT2D eigenvalue weighted by molar-refractivity contribution is 6.00. The van der Waals surface area contributed by atoms with Gasteiger partial charge in [0, 0.05) is 36.3 Å². The van der Waals surface area contributed by atoms with E-state index in [-0.39, 0.29) is 5.91 Å². The number of fused-ring (bicyclic) bond motifs is 2. The van der Waals surface area contributed by atoms with Gasteiger partial charge in [0.1, 0.15) is 12.4 Å². The number of hydrogen-bond donors (Lipinski definition) is 1. The van der Waals surface area contributed by atoms with Gasteiger partial charge in [-0.05, 0) is 68.4 Å². The Morgan fingerprint density at radius 3 is 2.77 bits per heavy atom. The fourth-order valence-electron chi connectivity index (χ4n) is 4.01. The van der Waals surface area contributed by atoms with Gasteiger partial charge in [-0.2, -0.15) is 5.10 Å². The van der Waals surface area contributed by atoms with Gasteiger partial charge < -0.3 is 14.5 Å². The molecular formula is C24H30N4O2. The number of benzene rings is 2. The van der Waals surface area contributed by atoms with E-state index in [1.165, 1.54) is 11.1 Å². The van der Waals surface area contributed by atoms with Crippen molar-refractivity contribution in [1.29, 1.82) is 0 Å². The summed E-state index contributed by atoms with van der Waals surface area (Å²) in [4.78, 5) is 17.4. The molecule has 3 aromatic rings. The van der Waals surface area contributed by atoms with Crippen molar-refractivity contribution in [2.45, 2.75) is 39.8 Å². The molecule has 2 aromatic carbocycles. The maximum Gasteiger partial charge on any atom is 0.254 e. The van der Waals surface area contributed by atoms with E-state index < -0.39 is 0 Å². The number of carbonyl (C=O) groups excluding carboxylic acids is 1. The Labute approximate surface area is 177 Å². The fourth-order valence-corrected chi connectivity index (χ4v) is 4.01. The minimum absolute atomic E-state index is 0.0734. The lowest BCUT2D eigenvalue weighted by atomic mass is 10.0. The number of carbonyl (C=O) groups is 1. The SMILES string of the molecule is CCCc1[nH]nc2cc(C)c(C(=O)N3Cc4ccc(OCCN(C)C)cc4C3)cc12. The van der Waals surface area contributed by atoms with Crippen LogP contribution in [-0.4, -0.2) is 53.2 Å². The van der Waals surface area contributed by atoms with Crippen molar-refractivity contribution in [3.8, 4) is 5.75 Å². The maximum atomic E-state index is 13.4. The second-order valence-electron chi connectivity index (χ2n) is 8.38. The van der Waals surface area contributed by atoms with Crippen LogP contribution >= 0.6 is 0 Å². The van der Waals surface area contributed by atoms with Crippen LogP contribution < -0.4 is 4.74 Å². The molecule has 1 amide bonds. The Hall–Kier alpha value is -2.86. The molecule has 1 aliphatic rings. The van der Waals surface area contributed by atoms with Gasteiger partial charge in [-0.3, -0.25) is 9.89 Å². The average molecular weight is 407 g/mol. The Balaban J connectivity index is 1.52. The summed E-state index contributed by atoms with van der Waals surface area (Å²) in [5.74, 6) is 0.939. The molecule has 0 unspecified atom stereocenters. The van der Waals surface area contributed by atoms with Gasteiger partial charge in [0.05, 0.1) is 5.52 Å². The molecule has 0 bridgehead atoms. The number of aromatic amines is 1. The smallest absolute Gasteiger partial charge is 0.254 e. The first kappa shape index (κ1) is 20.4. The van der Waals surface area contributed by atoms with Crippen molar-refractivity contribution < 1.29 is 9.53 Å². The zero-order valence-corrected chi connectivity index (χ0v) is 18.3. The van der Waals surface area contributed by atoms with E-state index in [9.17, 15) is 4.79 Å². The number of nitrogens with one attached hydrogen (secondary N) is 1. The third-order valence-corrected chi connectivity index (χ3v) is 5.70. The second-order valence-corrected chi connectivity index (χ2v) is 8.38. The molecule has 2 heterocycles. The van der Waals surface area contributed by atoms with Gasteiger partial charge in [-0.15, -0.1) is 0 Å². The zero-order valence-electron chi connectivity index (χ0n) is 18.3. The van der Waals surface area contributed by atoms with E-state index in [0.717, 1.165) is 52.9 Å². The maximum absolute atomic E-state index is 13.4. The Morgan fingerprint density at radius 1 is 1.20 bits per heavy atom. The van der Waals surface area contributed by atoms with Gasteiger partial charge in [-0.1, -0.05) is 19.4 Å². The third-order valence-electron chi connectivity index (χ3n) is 5.70. The van der Waals surface area contributed by atoms with E-state index in [1.54, 1.807) is 0 Å². The molecule has 0 radical (unpaired) electrons. The number of nitrogens with zero attached hydrogens (tertiary/aromatic N) is 3. The van der Waals surface area contributed by atoms with Crippen LogP contribution in [0.5, 0.6) is 5.75 Å². The number of ether oxygens (including phenoxy) is 1. The lowest BCUT2D eigenvalue weighted by Crippen LogP contribution is -2.26. The monoisotopic (exact) mass is 406 g/mol. The second kappa shape index (κ2) is 8.48. The summed E-state index contributed by atoms with van der Waals surface area (Å²) in [6.07, 6.45) is 1.97. The molecule has 6 heteroatoms. The highest BCUT2D eigenvalue weighted by Crippen LogP contribution is 2.30. The molecule has 0 spiro atoms. The third kappa shape index (κ3) is 4.05. The predicted molar refractivity (Wildman–Crippen MR) is 119 cm³/mol. The van der Waals surface area contributed by atoms with Gasteiger partial charge in [0.2, 0.25) is 0 Å². The lowest BCUT2D eigenvalue weighted by molar-refractivity contribution is 0.0751. The number of rotatable bonds is 7. The summed E-state index contributed by atoms with van der Waals surface area (Å²) >= 11 is 0. The van der Waals surface area contributed by atoms with E-state index in [2.05, 4.69) is 34.2 Å². The van der Waals surface area contributed by atoms with Crippen molar-refractivity contribution in [2.75, 3.05) is 27.2 Å². The molecule has 4 rings (SSSR count). The number of aromatic nitrogens is 2. The van der Waals surface area contributed by atoms with Gasteiger partial charge >= 0.3 is 0 Å². The summed E-state index contributed by atoms with van der Waals surface area (Å²) in [5, 5.41) is 8.59. The summed E-state index contributed by atoms with van der Waals surface area (Å²) < 4.78 is 5.86. The van der Waals surface area contributed by atoms with E-state index in [4.69, 9.17) is 4.74 Å². The molecule has 6 nitrogen and oxygen atoms in total. The average Bonchev–Trinajstić information content (AvgIpc) is 3.30. The normalized spacial score (nSPS) is 13.3. The first-order chi connectivity index (χ1) is 14.5. The molecule has 158 valence electrons. The largest absolute Gasteiger partial charge is 0.492 e. The number of likely N-dealkylation sites (N-methyl/N-ethyl adjacent to an activating group) is 1. The van der Waals surface area contributed by atoms with Crippen LogP contribution in [0, 0.1) is 6.92 Å². The van der Waals surface area contributed by atoms with Crippen LogP contribution in [-0.2, 0) is 19.5 Å². The highest BCUT2D eigenvalue weighted by atomic mass is 16.5. The minimum atomic E-state index is 0.0734. The number of H-pyrrole nitrogens is 1. The van der Waals surface area contributed by atoms with Gasteiger partial charge in [-0.25, -0.2) is 0 Å². The molecule has 0 aliphatic carbocycles. The standard InChI is InChI=1S/C24H30N4O2/c1-5-6-22-21-13-20(16(2)11-23(21)26-25-22)24(29)28-14-17-7-8-19(12-18(17)15-28)30-10-9-27(3)4/h7-8,11-13H,5-6,9-10,14-15H2,1-4H3,(H,25,26). The van der Waals surface area contributed by atoms with Gasteiger partial charge in [0.25, 0.3) is 5.91 Å². The summed E-state index contributed by atoms with van der Waals surface area (Å²) in [7, 11) is 4.06. The first-order valence-electron chi connectivity index (χ1n) is 10.6. The van der Waals surface area contributed by atoms with E-state index >= 15 is 0 Å². The lowest BCUT2D eigenvalue weighted by Gasteiger charge is -2.17. The Bertz CT molecular complexity index is 1070. The van der Waals surface area contributed by atoms with Crippen molar-refractivity contribution in [1.82, 2.24) is 20.0 Å². The van der Waals surface area contributed by atoms with Crippen molar-refractivity contribution in [3.63, 3.8) is 0 Å². The number of hydrogen-bond acceptors (Lipinski definition) is 4. The number of aryl methyl sites for hydroxylation is 2. The van der Waals surface area contributed by atoms with Gasteiger partial charge in [0.15, 0.2) is 0 Å². The predicted octanol–water partition coefficient (Wildman–Crippen LogP) is 3.92. The van der Waals surface area contributed by atoms with E-state index in [0.29, 0.717) is 19.7 Å². The fraction of sp³-hybridized carbons (Fsp3) is 0.417. The molecule has 1 aromatic heterocycles. The van der Waals surface area contributed by atoms with Crippen molar-refractivity contribution in [3.05, 3.63) is 58.3 Å². The molecule has 0 saturated carbocycles. The topological polar surface area (TPSA) is 61.5 Å². The molecular weight excluding hydrogens is 376 g/mol. The molecule has 0 saturated heterocycles. The molecule has 1 N–H and O–H groups in total. The molecule has 0 fully saturated rings. The summed E-state index contributed by atoms with van der Waals surface area (Å²) in [6.45, 7) is 6.91. The first-order valence-corrected chi connectivity index (χ1v) is 10.6. The van der Waals surface area contributed by atoms with Crippen molar-refractivity contribution >= 4 is 16.8 Å².